The second kappa shape index (κ2) is 18.3. The Morgan fingerprint density at radius 3 is 2.04 bits per heavy atom. The van der Waals surface area contributed by atoms with Crippen LogP contribution in [0.2, 0.25) is 0 Å². The standard InChI is InChI=1S/C32H32FN2S.C17H32O2.Ir/c1-31(2,3)26-16-22(14-21-15-23(33)7-9-24(21)26)28-30-29(35-18-34-28)25-8-6-20(17-27(25)36-30)19-10-12-32(4,5)13-11-19;1-10(2)16(11(3)4)14(18)9-15(19)17(12(5)6)13(7)8;/h6-9,15-19H,10-13H2,1-5H3;9-13,16-18H,1-8H3;/q-1;;/b;14-9-;. The van der Waals surface area contributed by atoms with Crippen molar-refractivity contribution in [1.82, 2.24) is 9.97 Å². The van der Waals surface area contributed by atoms with Crippen LogP contribution < -0.4 is 0 Å². The van der Waals surface area contributed by atoms with E-state index in [0.29, 0.717) is 35.0 Å². The average Bonchev–Trinajstić information content (AvgIpc) is 3.45. The Morgan fingerprint density at radius 2 is 1.46 bits per heavy atom. The molecule has 1 N–H and O–H groups in total. The van der Waals surface area contributed by atoms with Crippen LogP contribution in [0.25, 0.3) is 42.3 Å². The van der Waals surface area contributed by atoms with Gasteiger partial charge in [-0.2, -0.15) is 0 Å². The van der Waals surface area contributed by atoms with Crippen LogP contribution >= 0.6 is 11.3 Å². The summed E-state index contributed by atoms with van der Waals surface area (Å²) in [5.74, 6) is 2.02. The zero-order chi connectivity index (χ0) is 40.6. The molecule has 2 aromatic heterocycles. The van der Waals surface area contributed by atoms with Crippen LogP contribution in [0.5, 0.6) is 0 Å². The summed E-state index contributed by atoms with van der Waals surface area (Å²) >= 11 is 1.76. The van der Waals surface area contributed by atoms with Gasteiger partial charge in [0.25, 0.3) is 0 Å². The molecule has 1 saturated carbocycles. The van der Waals surface area contributed by atoms with E-state index < -0.39 is 0 Å². The van der Waals surface area contributed by atoms with Crippen molar-refractivity contribution in [2.24, 2.45) is 40.9 Å². The number of halogens is 1. The number of hydrogen-bond acceptors (Lipinski definition) is 5. The van der Waals surface area contributed by atoms with Gasteiger partial charge in [-0.1, -0.05) is 125 Å². The maximum absolute atomic E-state index is 14.2. The Morgan fingerprint density at radius 1 is 0.875 bits per heavy atom. The number of allylic oxidation sites excluding steroid dienone is 2. The molecule has 1 radical (unpaired) electrons. The molecule has 0 aliphatic heterocycles. The van der Waals surface area contributed by atoms with Crippen LogP contribution in [0, 0.1) is 52.8 Å². The zero-order valence-corrected chi connectivity index (χ0v) is 39.1. The van der Waals surface area contributed by atoms with E-state index in [1.165, 1.54) is 59.0 Å². The Bertz CT molecular complexity index is 2150. The molecule has 7 heteroatoms. The van der Waals surface area contributed by atoms with Crippen molar-refractivity contribution < 1.29 is 34.4 Å². The summed E-state index contributed by atoms with van der Waals surface area (Å²) in [5.41, 5.74) is 5.74. The zero-order valence-electron chi connectivity index (χ0n) is 35.9. The van der Waals surface area contributed by atoms with Crippen LogP contribution in [0.1, 0.15) is 133 Å². The van der Waals surface area contributed by atoms with Crippen LogP contribution in [-0.4, -0.2) is 20.9 Å². The summed E-state index contributed by atoms with van der Waals surface area (Å²) in [4.78, 5) is 21.8. The summed E-state index contributed by atoms with van der Waals surface area (Å²) in [6.45, 7) is 28.0. The summed E-state index contributed by atoms with van der Waals surface area (Å²) in [7, 11) is 0. The number of aliphatic hydroxyl groups excluding tert-OH is 1. The van der Waals surface area contributed by atoms with Gasteiger partial charge in [-0.15, -0.1) is 34.4 Å². The van der Waals surface area contributed by atoms with Gasteiger partial charge in [0.1, 0.15) is 6.33 Å². The first-order valence-electron chi connectivity index (χ1n) is 20.5. The minimum absolute atomic E-state index is 0. The minimum atomic E-state index is -0.246. The molecule has 1 fully saturated rings. The van der Waals surface area contributed by atoms with Gasteiger partial charge >= 0.3 is 0 Å². The summed E-state index contributed by atoms with van der Waals surface area (Å²) in [5, 5.41) is 13.3. The topological polar surface area (TPSA) is 63.1 Å². The third-order valence-electron chi connectivity index (χ3n) is 11.8. The minimum Gasteiger partial charge on any atom is -0.512 e. The number of fused-ring (bicyclic) bond motifs is 4. The quantitative estimate of drug-likeness (QED) is 0.0908. The molecule has 0 saturated heterocycles. The molecule has 0 atom stereocenters. The van der Waals surface area contributed by atoms with Gasteiger partial charge < -0.3 is 5.11 Å². The van der Waals surface area contributed by atoms with E-state index in [-0.39, 0.29) is 54.7 Å². The number of aliphatic hydroxyl groups is 1. The Kier molecular flexibility index (Phi) is 14.9. The van der Waals surface area contributed by atoms with E-state index >= 15 is 0 Å². The van der Waals surface area contributed by atoms with Crippen molar-refractivity contribution in [3.05, 3.63) is 83.6 Å². The number of rotatable bonds is 9. The fourth-order valence-corrected chi connectivity index (χ4v) is 10.2. The van der Waals surface area contributed by atoms with Crippen LogP contribution in [0.15, 0.2) is 60.6 Å². The number of hydrogen-bond donors (Lipinski definition) is 1. The van der Waals surface area contributed by atoms with E-state index in [1.54, 1.807) is 23.7 Å². The van der Waals surface area contributed by atoms with Crippen molar-refractivity contribution in [2.75, 3.05) is 0 Å². The Balaban J connectivity index is 0.000000299. The normalized spacial score (nSPS) is 15.5. The molecule has 6 rings (SSSR count). The summed E-state index contributed by atoms with van der Waals surface area (Å²) in [6, 6.07) is 17.6. The molecule has 1 aliphatic rings. The van der Waals surface area contributed by atoms with Gasteiger partial charge in [-0.3, -0.25) is 9.78 Å². The molecule has 4 nitrogen and oxygen atoms in total. The summed E-state index contributed by atoms with van der Waals surface area (Å²) < 4.78 is 16.5. The second-order valence-corrected chi connectivity index (χ2v) is 20.3. The number of aromatic nitrogens is 2. The van der Waals surface area contributed by atoms with E-state index in [9.17, 15) is 14.3 Å². The van der Waals surface area contributed by atoms with Crippen LogP contribution in [0.3, 0.4) is 0 Å². The van der Waals surface area contributed by atoms with Crippen LogP contribution in [0.4, 0.5) is 4.39 Å². The van der Waals surface area contributed by atoms with E-state index in [4.69, 9.17) is 4.98 Å². The Labute approximate surface area is 353 Å². The number of thiophene rings is 1. The fraction of sp³-hybridized carbons (Fsp3) is 0.531. The first kappa shape index (κ1) is 45.7. The number of benzene rings is 3. The Hall–Kier alpha value is -2.99. The van der Waals surface area contributed by atoms with E-state index in [0.717, 1.165) is 32.2 Å². The average molecular weight is 956 g/mol. The van der Waals surface area contributed by atoms with Gasteiger partial charge in [0.2, 0.25) is 0 Å². The molecule has 0 unspecified atom stereocenters. The predicted molar refractivity (Wildman–Crippen MR) is 232 cm³/mol. The predicted octanol–water partition coefficient (Wildman–Crippen LogP) is 14.4. The van der Waals surface area contributed by atoms with Gasteiger partial charge in [0, 0.05) is 58.5 Å². The maximum atomic E-state index is 14.2. The first-order valence-corrected chi connectivity index (χ1v) is 21.3. The molecule has 0 bridgehead atoms. The van der Waals surface area contributed by atoms with E-state index in [1.807, 2.05) is 6.07 Å². The van der Waals surface area contributed by atoms with Crippen LogP contribution in [-0.2, 0) is 30.3 Å². The number of carbonyl (C=O) groups excluding carboxylic acids is 1. The molecule has 1 aliphatic carbocycles. The van der Waals surface area contributed by atoms with Crippen molar-refractivity contribution in [3.8, 4) is 11.3 Å². The van der Waals surface area contributed by atoms with Crippen molar-refractivity contribution in [3.63, 3.8) is 0 Å². The van der Waals surface area contributed by atoms with Crippen molar-refractivity contribution >= 4 is 48.2 Å². The first-order chi connectivity index (χ1) is 25.7. The number of carbonyl (C=O) groups is 1. The molecule has 5 aromatic rings. The fourth-order valence-electron chi connectivity index (χ4n) is 8.99. The van der Waals surface area contributed by atoms with Gasteiger partial charge in [-0.05, 0) is 83.8 Å². The number of ketones is 1. The SMILES string of the molecule is CC(C)C(C(=O)/C=C(\O)C(C(C)C)C(C)C)C(C)C.CC1(C)CCC(c2ccc3c(c2)sc2c(-c4[c-]c5cc(F)ccc5c(C(C)(C)C)c4)ncnc23)CC1.[Ir]. The maximum Gasteiger partial charge on any atom is 0.162 e. The number of nitrogens with zero attached hydrogens (tertiary/aromatic N) is 2. The smallest absolute Gasteiger partial charge is 0.162 e. The largest absolute Gasteiger partial charge is 0.512 e. The monoisotopic (exact) mass is 956 g/mol. The van der Waals surface area contributed by atoms with Gasteiger partial charge in [-0.25, -0.2) is 9.37 Å². The van der Waals surface area contributed by atoms with Crippen molar-refractivity contribution in [2.45, 2.75) is 127 Å². The van der Waals surface area contributed by atoms with Gasteiger partial charge in [0.15, 0.2) is 5.78 Å². The molecule has 3 aromatic carbocycles. The molecular formula is C49H64FIrN2O2S-. The van der Waals surface area contributed by atoms with Crippen molar-refractivity contribution in [1.29, 1.82) is 0 Å². The van der Waals surface area contributed by atoms with E-state index in [2.05, 4.69) is 125 Å². The molecule has 2 heterocycles. The molecular weight excluding hydrogens is 892 g/mol. The summed E-state index contributed by atoms with van der Waals surface area (Å²) in [6.07, 6.45) is 8.22. The molecule has 0 amide bonds. The third kappa shape index (κ3) is 10.4. The second-order valence-electron chi connectivity index (χ2n) is 19.2. The molecule has 0 spiro atoms. The van der Waals surface area contributed by atoms with Gasteiger partial charge in [0.05, 0.1) is 17.1 Å². The molecule has 305 valence electrons. The molecule has 56 heavy (non-hydrogen) atoms. The third-order valence-corrected chi connectivity index (χ3v) is 13.0.